The molecule has 19 heavy (non-hydrogen) atoms. The fourth-order valence-electron chi connectivity index (χ4n) is 2.60. The van der Waals surface area contributed by atoms with Crippen molar-refractivity contribution in [1.29, 1.82) is 5.39 Å². The van der Waals surface area contributed by atoms with Crippen LogP contribution in [0.2, 0.25) is 0 Å². The maximum Gasteiger partial charge on any atom is 0.329 e. The van der Waals surface area contributed by atoms with E-state index in [0.29, 0.717) is 11.8 Å². The summed E-state index contributed by atoms with van der Waals surface area (Å²) in [6.07, 6.45) is 0. The molecule has 96 valence electrons. The molecule has 0 bridgehead atoms. The number of rotatable bonds is 2. The average molecular weight is 252 g/mol. The number of hydrogen-bond acceptors (Lipinski definition) is 2. The van der Waals surface area contributed by atoms with Crippen LogP contribution in [0.25, 0.3) is 4.98 Å². The molecule has 0 aromatic heterocycles. The molecule has 1 aliphatic carbocycles. The molecule has 0 aliphatic heterocycles. The lowest BCUT2D eigenvalue weighted by atomic mass is 10.0. The Morgan fingerprint density at radius 3 is 1.47 bits per heavy atom. The number of benzene rings is 2. The first kappa shape index (κ1) is 13.3. The van der Waals surface area contributed by atoms with Gasteiger partial charge >= 0.3 is 6.04 Å². The largest absolute Gasteiger partial charge is 0.857 e. The van der Waals surface area contributed by atoms with E-state index in [1.807, 2.05) is 36.4 Å². The molecule has 0 saturated heterocycles. The van der Waals surface area contributed by atoms with Crippen molar-refractivity contribution in [3.63, 3.8) is 0 Å². The molecule has 1 saturated carbocycles. The second-order valence-electron chi connectivity index (χ2n) is 4.48. The second kappa shape index (κ2) is 6.12. The van der Waals surface area contributed by atoms with E-state index >= 15 is 0 Å². The third kappa shape index (κ3) is 2.64. The minimum absolute atomic E-state index is 0.0137. The van der Waals surface area contributed by atoms with Gasteiger partial charge in [0, 0.05) is 0 Å². The van der Waals surface area contributed by atoms with Gasteiger partial charge < -0.3 is 5.11 Å². The molecule has 0 heterocycles. The van der Waals surface area contributed by atoms with Crippen molar-refractivity contribution in [2.45, 2.75) is 17.9 Å². The Labute approximate surface area is 113 Å². The van der Waals surface area contributed by atoms with Crippen LogP contribution in [0.1, 0.15) is 23.0 Å². The minimum Gasteiger partial charge on any atom is -0.857 e. The van der Waals surface area contributed by atoms with Gasteiger partial charge in [0.05, 0.1) is 11.8 Å². The van der Waals surface area contributed by atoms with E-state index in [1.54, 1.807) is 0 Å². The molecule has 1 fully saturated rings. The molecule has 3 heteroatoms. The molecule has 3 rings (SSSR count). The molecule has 0 spiro atoms. The van der Waals surface area contributed by atoms with Crippen molar-refractivity contribution in [2.24, 2.45) is 0 Å². The smallest absolute Gasteiger partial charge is 0.329 e. The third-order valence-corrected chi connectivity index (χ3v) is 3.48. The zero-order valence-electron chi connectivity index (χ0n) is 10.8. The molecule has 2 aromatic rings. The highest BCUT2D eigenvalue weighted by atomic mass is 16.2. The molecule has 0 N–H and O–H groups in total. The van der Waals surface area contributed by atoms with Crippen LogP contribution in [-0.4, -0.2) is 13.2 Å². The molecule has 3 nitrogen and oxygen atoms in total. The summed E-state index contributed by atoms with van der Waals surface area (Å²) in [5.41, 5.74) is 2.51. The highest BCUT2D eigenvalue weighted by Crippen LogP contribution is 2.56. The first-order valence-corrected chi connectivity index (χ1v) is 6.27. The Morgan fingerprint density at radius 2 is 1.16 bits per heavy atom. The van der Waals surface area contributed by atoms with Gasteiger partial charge in [-0.2, -0.15) is 7.11 Å². The van der Waals surface area contributed by atoms with Crippen LogP contribution in [0, 0.1) is 5.39 Å². The fraction of sp³-hybridized carbons (Fsp3) is 0.250. The molecule has 2 atom stereocenters. The number of diazo groups is 1. The lowest BCUT2D eigenvalue weighted by molar-refractivity contribution is -0.325. The Hall–Kier alpha value is -2.18. The Morgan fingerprint density at radius 1 is 0.789 bits per heavy atom. The quantitative estimate of drug-likeness (QED) is 0.772. The van der Waals surface area contributed by atoms with Crippen LogP contribution in [-0.2, 0) is 0 Å². The molecule has 0 amide bonds. The number of hydrogen-bond donors (Lipinski definition) is 0. The van der Waals surface area contributed by atoms with E-state index in [1.165, 1.54) is 11.1 Å². The van der Waals surface area contributed by atoms with E-state index in [2.05, 4.69) is 29.2 Å². The van der Waals surface area contributed by atoms with Crippen molar-refractivity contribution in [3.05, 3.63) is 76.8 Å². The summed E-state index contributed by atoms with van der Waals surface area (Å²) in [4.78, 5) is 3.52. The summed E-state index contributed by atoms with van der Waals surface area (Å²) in [5, 5.41) is 17.3. The summed E-state index contributed by atoms with van der Waals surface area (Å²) in [6, 6.07) is 20.6. The van der Waals surface area contributed by atoms with Gasteiger partial charge in [-0.25, -0.2) is 0 Å². The van der Waals surface area contributed by atoms with Gasteiger partial charge in [-0.05, 0) is 11.1 Å². The topological polar surface area (TPSA) is 51.2 Å². The third-order valence-electron chi connectivity index (χ3n) is 3.48. The lowest BCUT2D eigenvalue weighted by Gasteiger charge is -1.97. The molecule has 0 unspecified atom stereocenters. The predicted octanol–water partition coefficient (Wildman–Crippen LogP) is 2.77. The zero-order chi connectivity index (χ0) is 13.7. The minimum atomic E-state index is 0.0137. The Bertz CT molecular complexity index is 502. The van der Waals surface area contributed by atoms with Crippen LogP contribution in [0.5, 0.6) is 0 Å². The first-order chi connectivity index (χ1) is 9.42. The number of nitrogens with zero attached hydrogens (tertiary/aromatic N) is 2. The van der Waals surface area contributed by atoms with Crippen molar-refractivity contribution >= 4 is 0 Å². The van der Waals surface area contributed by atoms with E-state index < -0.39 is 0 Å². The van der Waals surface area contributed by atoms with Gasteiger partial charge in [-0.15, -0.1) is 0 Å². The SMILES string of the molecule is C[O-].N#[N+]C1[C@@H](c2ccccc2)[C@@H]1c1ccccc1. The van der Waals surface area contributed by atoms with Crippen molar-refractivity contribution in [2.75, 3.05) is 7.11 Å². The molecule has 0 radical (unpaired) electrons. The molecule has 1 aliphatic rings. The summed E-state index contributed by atoms with van der Waals surface area (Å²) < 4.78 is 0. The fourth-order valence-corrected chi connectivity index (χ4v) is 2.60. The van der Waals surface area contributed by atoms with Crippen LogP contribution in [0.15, 0.2) is 60.7 Å². The van der Waals surface area contributed by atoms with Gasteiger partial charge in [0.15, 0.2) is 0 Å². The van der Waals surface area contributed by atoms with Crippen molar-refractivity contribution in [1.82, 2.24) is 0 Å². The normalized spacial score (nSPS) is 23.7. The first-order valence-electron chi connectivity index (χ1n) is 6.27. The van der Waals surface area contributed by atoms with Crippen molar-refractivity contribution < 1.29 is 5.11 Å². The van der Waals surface area contributed by atoms with Gasteiger partial charge in [0.2, 0.25) is 5.39 Å². The van der Waals surface area contributed by atoms with Crippen LogP contribution in [0.3, 0.4) is 0 Å². The predicted molar refractivity (Wildman–Crippen MR) is 73.2 cm³/mol. The van der Waals surface area contributed by atoms with Gasteiger partial charge in [-0.3, -0.25) is 0 Å². The molecular weight excluding hydrogens is 236 g/mol. The zero-order valence-corrected chi connectivity index (χ0v) is 10.8. The van der Waals surface area contributed by atoms with Gasteiger partial charge in [0.25, 0.3) is 0 Å². The van der Waals surface area contributed by atoms with Gasteiger partial charge in [-0.1, -0.05) is 60.7 Å². The highest BCUT2D eigenvalue weighted by Gasteiger charge is 2.63. The summed E-state index contributed by atoms with van der Waals surface area (Å²) in [7, 11) is 0.750. The molecular formula is C16H16N2O. The Balaban J connectivity index is 0.000000637. The summed E-state index contributed by atoms with van der Waals surface area (Å²) >= 11 is 0. The van der Waals surface area contributed by atoms with E-state index in [4.69, 9.17) is 10.5 Å². The summed E-state index contributed by atoms with van der Waals surface area (Å²) in [6.45, 7) is 0. The van der Waals surface area contributed by atoms with Crippen molar-refractivity contribution in [3.8, 4) is 0 Å². The van der Waals surface area contributed by atoms with E-state index in [0.717, 1.165) is 7.11 Å². The average Bonchev–Trinajstić information content (AvgIpc) is 3.25. The lowest BCUT2D eigenvalue weighted by Crippen LogP contribution is -1.82. The monoisotopic (exact) mass is 252 g/mol. The van der Waals surface area contributed by atoms with Gasteiger partial charge in [0.1, 0.15) is 4.98 Å². The van der Waals surface area contributed by atoms with Crippen LogP contribution < -0.4 is 5.11 Å². The summed E-state index contributed by atoms with van der Waals surface area (Å²) in [5.74, 6) is 0.646. The highest BCUT2D eigenvalue weighted by molar-refractivity contribution is 5.43. The van der Waals surface area contributed by atoms with E-state index in [9.17, 15) is 0 Å². The van der Waals surface area contributed by atoms with Crippen LogP contribution >= 0.6 is 0 Å². The Kier molecular flexibility index (Phi) is 4.27. The van der Waals surface area contributed by atoms with Crippen LogP contribution in [0.4, 0.5) is 0 Å². The maximum atomic E-state index is 9.09. The van der Waals surface area contributed by atoms with E-state index in [-0.39, 0.29) is 6.04 Å². The standard InChI is InChI=1S/C15H13N2.CH3O/c16-17-15-13(11-7-3-1-4-8-11)14(15)12-9-5-2-6-10-12;1-2/h1-10,13-15H;1H3/q+1;-1/t13-,14-;/m0./s1. The second-order valence-corrected chi connectivity index (χ2v) is 4.48. The maximum absolute atomic E-state index is 9.09. The molecule has 2 aromatic carbocycles.